The van der Waals surface area contributed by atoms with Crippen LogP contribution in [0.1, 0.15) is 12.8 Å². The molecule has 7 heteroatoms. The van der Waals surface area contributed by atoms with Crippen molar-refractivity contribution >= 4 is 5.69 Å². The molecule has 1 heterocycles. The van der Waals surface area contributed by atoms with Crippen molar-refractivity contribution in [2.24, 2.45) is 0 Å². The lowest BCUT2D eigenvalue weighted by Gasteiger charge is -1.99. The van der Waals surface area contributed by atoms with E-state index < -0.39 is 4.92 Å². The summed E-state index contributed by atoms with van der Waals surface area (Å²) in [6.07, 6.45) is 3.37. The second-order valence-corrected chi connectivity index (χ2v) is 3.65. The second-order valence-electron chi connectivity index (χ2n) is 3.65. The van der Waals surface area contributed by atoms with E-state index in [-0.39, 0.29) is 17.7 Å². The summed E-state index contributed by atoms with van der Waals surface area (Å²) in [6, 6.07) is 0. The Morgan fingerprint density at radius 2 is 2.44 bits per heavy atom. The summed E-state index contributed by atoms with van der Waals surface area (Å²) in [6.45, 7) is 0.938. The van der Waals surface area contributed by atoms with Gasteiger partial charge in [0.15, 0.2) is 0 Å². The van der Waals surface area contributed by atoms with Gasteiger partial charge in [0.1, 0.15) is 12.3 Å². The van der Waals surface area contributed by atoms with Crippen molar-refractivity contribution < 1.29 is 14.4 Å². The third-order valence-corrected chi connectivity index (χ3v) is 2.23. The van der Waals surface area contributed by atoms with E-state index in [0.717, 1.165) is 12.8 Å². The van der Waals surface area contributed by atoms with Crippen LogP contribution in [0.2, 0.25) is 0 Å². The van der Waals surface area contributed by atoms with Crippen LogP contribution in [-0.4, -0.2) is 34.5 Å². The Kier molecular flexibility index (Phi) is 3.04. The van der Waals surface area contributed by atoms with Crippen molar-refractivity contribution in [2.75, 3.05) is 13.7 Å². The number of nitro groups is 1. The molecular weight excluding hydrogens is 214 g/mol. The van der Waals surface area contributed by atoms with Gasteiger partial charge in [-0.1, -0.05) is 0 Å². The van der Waals surface area contributed by atoms with Crippen molar-refractivity contribution in [1.29, 1.82) is 0 Å². The van der Waals surface area contributed by atoms with E-state index in [4.69, 9.17) is 9.47 Å². The lowest BCUT2D eigenvalue weighted by molar-refractivity contribution is -0.386. The lowest BCUT2D eigenvalue weighted by Crippen LogP contribution is -2.05. The van der Waals surface area contributed by atoms with Crippen LogP contribution >= 0.6 is 0 Å². The minimum atomic E-state index is -0.478. The smallest absolute Gasteiger partial charge is 0.350 e. The Bertz CT molecular complexity index is 386. The van der Waals surface area contributed by atoms with Crippen molar-refractivity contribution in [3.63, 3.8) is 0 Å². The van der Waals surface area contributed by atoms with Crippen LogP contribution in [0, 0.1) is 10.1 Å². The summed E-state index contributed by atoms with van der Waals surface area (Å²) in [5.74, 6) is 0.114. The van der Waals surface area contributed by atoms with Gasteiger partial charge in [0, 0.05) is 7.11 Å². The topological polar surface area (TPSA) is 79.4 Å². The highest BCUT2D eigenvalue weighted by Gasteiger charge is 2.29. The molecule has 0 N–H and O–H groups in total. The van der Waals surface area contributed by atoms with E-state index in [0.29, 0.717) is 13.2 Å². The van der Waals surface area contributed by atoms with Gasteiger partial charge in [0.05, 0.1) is 18.1 Å². The summed E-state index contributed by atoms with van der Waals surface area (Å²) in [4.78, 5) is 10.3. The monoisotopic (exact) mass is 227 g/mol. The van der Waals surface area contributed by atoms with E-state index in [1.165, 1.54) is 10.9 Å². The molecule has 1 aromatic rings. The minimum absolute atomic E-state index is 0.0806. The first kappa shape index (κ1) is 10.9. The Labute approximate surface area is 92.1 Å². The standard InChI is InChI=1S/C9H13N3O4/c1-15-5-4-11-6-8(12(13)14)9(10-11)16-7-2-3-7/h6-7H,2-5H2,1H3. The molecule has 1 saturated carbocycles. The number of aromatic nitrogens is 2. The quantitative estimate of drug-likeness (QED) is 0.534. The summed E-state index contributed by atoms with van der Waals surface area (Å²) in [5.41, 5.74) is -0.0806. The van der Waals surface area contributed by atoms with E-state index in [2.05, 4.69) is 5.10 Å². The number of rotatable bonds is 6. The van der Waals surface area contributed by atoms with Gasteiger partial charge in [-0.2, -0.15) is 0 Å². The molecule has 0 bridgehead atoms. The largest absolute Gasteiger partial charge is 0.468 e. The van der Waals surface area contributed by atoms with Crippen LogP contribution in [0.4, 0.5) is 5.69 Å². The first-order valence-electron chi connectivity index (χ1n) is 5.08. The van der Waals surface area contributed by atoms with Gasteiger partial charge in [0.2, 0.25) is 0 Å². The van der Waals surface area contributed by atoms with E-state index in [1.54, 1.807) is 7.11 Å². The third kappa shape index (κ3) is 2.48. The Morgan fingerprint density at radius 1 is 1.69 bits per heavy atom. The Hall–Kier alpha value is -1.63. The van der Waals surface area contributed by atoms with Crippen LogP contribution in [0.5, 0.6) is 5.88 Å². The molecule has 2 rings (SSSR count). The molecule has 0 unspecified atom stereocenters. The second kappa shape index (κ2) is 4.48. The molecule has 0 aliphatic heterocycles. The fourth-order valence-electron chi connectivity index (χ4n) is 1.25. The van der Waals surface area contributed by atoms with Crippen LogP contribution in [0.15, 0.2) is 6.20 Å². The molecule has 0 atom stereocenters. The van der Waals surface area contributed by atoms with Crippen LogP contribution in [0.25, 0.3) is 0 Å². The maximum Gasteiger partial charge on any atom is 0.350 e. The Balaban J connectivity index is 2.12. The molecule has 16 heavy (non-hydrogen) atoms. The predicted molar refractivity (Wildman–Crippen MR) is 54.4 cm³/mol. The predicted octanol–water partition coefficient (Wildman–Crippen LogP) is 0.979. The lowest BCUT2D eigenvalue weighted by atomic mass is 10.5. The molecule has 1 fully saturated rings. The van der Waals surface area contributed by atoms with E-state index in [9.17, 15) is 10.1 Å². The van der Waals surface area contributed by atoms with Gasteiger partial charge in [-0.3, -0.25) is 14.8 Å². The average molecular weight is 227 g/mol. The van der Waals surface area contributed by atoms with Gasteiger partial charge in [-0.15, -0.1) is 5.10 Å². The molecule has 7 nitrogen and oxygen atoms in total. The summed E-state index contributed by atoms with van der Waals surface area (Å²) < 4.78 is 11.7. The molecular formula is C9H13N3O4. The van der Waals surface area contributed by atoms with Crippen LogP contribution in [0.3, 0.4) is 0 Å². The number of hydrogen-bond donors (Lipinski definition) is 0. The maximum absolute atomic E-state index is 10.8. The zero-order chi connectivity index (χ0) is 11.5. The van der Waals surface area contributed by atoms with Crippen molar-refractivity contribution in [3.8, 4) is 5.88 Å². The van der Waals surface area contributed by atoms with Crippen LogP contribution < -0.4 is 4.74 Å². The van der Waals surface area contributed by atoms with Crippen molar-refractivity contribution in [2.45, 2.75) is 25.5 Å². The molecule has 1 aliphatic carbocycles. The van der Waals surface area contributed by atoms with Gasteiger partial charge in [0.25, 0.3) is 0 Å². The van der Waals surface area contributed by atoms with E-state index in [1.807, 2.05) is 0 Å². The fourth-order valence-corrected chi connectivity index (χ4v) is 1.25. The number of methoxy groups -OCH3 is 1. The maximum atomic E-state index is 10.8. The highest BCUT2D eigenvalue weighted by Crippen LogP contribution is 2.31. The zero-order valence-electron chi connectivity index (χ0n) is 8.96. The molecule has 0 radical (unpaired) electrons. The van der Waals surface area contributed by atoms with E-state index >= 15 is 0 Å². The highest BCUT2D eigenvalue weighted by atomic mass is 16.6. The molecule has 0 aromatic carbocycles. The van der Waals surface area contributed by atoms with Gasteiger partial charge >= 0.3 is 11.6 Å². The molecule has 1 aliphatic rings. The molecule has 88 valence electrons. The molecule has 0 spiro atoms. The van der Waals surface area contributed by atoms with Crippen LogP contribution in [-0.2, 0) is 11.3 Å². The SMILES string of the molecule is COCCn1cc([N+](=O)[O-])c(OC2CC2)n1. The van der Waals surface area contributed by atoms with Gasteiger partial charge < -0.3 is 9.47 Å². The third-order valence-electron chi connectivity index (χ3n) is 2.23. The molecule has 0 amide bonds. The fraction of sp³-hybridized carbons (Fsp3) is 0.667. The normalized spacial score (nSPS) is 15.1. The molecule has 1 aromatic heterocycles. The summed E-state index contributed by atoms with van der Waals surface area (Å²) >= 11 is 0. The average Bonchev–Trinajstić information content (AvgIpc) is 2.94. The first-order valence-corrected chi connectivity index (χ1v) is 5.08. The first-order chi connectivity index (χ1) is 7.70. The van der Waals surface area contributed by atoms with Gasteiger partial charge in [-0.25, -0.2) is 0 Å². The number of nitrogens with zero attached hydrogens (tertiary/aromatic N) is 3. The van der Waals surface area contributed by atoms with Crippen molar-refractivity contribution in [3.05, 3.63) is 16.3 Å². The minimum Gasteiger partial charge on any atom is -0.468 e. The van der Waals surface area contributed by atoms with Crippen molar-refractivity contribution in [1.82, 2.24) is 9.78 Å². The zero-order valence-corrected chi connectivity index (χ0v) is 8.96. The van der Waals surface area contributed by atoms with Gasteiger partial charge in [-0.05, 0) is 12.8 Å². The highest BCUT2D eigenvalue weighted by molar-refractivity contribution is 5.38. The Morgan fingerprint density at radius 3 is 3.00 bits per heavy atom. The molecule has 0 saturated heterocycles. The summed E-state index contributed by atoms with van der Waals surface area (Å²) in [5, 5.41) is 14.8. The summed E-state index contributed by atoms with van der Waals surface area (Å²) in [7, 11) is 1.57. The number of hydrogen-bond acceptors (Lipinski definition) is 5. The number of ether oxygens (including phenoxy) is 2.